The zero-order chi connectivity index (χ0) is 12.1. The summed E-state index contributed by atoms with van der Waals surface area (Å²) in [6, 6.07) is 4.27. The molecular weight excluding hydrogens is 296 g/mol. The number of hydrogen-bond acceptors (Lipinski definition) is 1. The van der Waals surface area contributed by atoms with E-state index in [-0.39, 0.29) is 11.3 Å². The fourth-order valence-electron chi connectivity index (χ4n) is 1.12. The zero-order valence-corrected chi connectivity index (χ0v) is 11.1. The Morgan fingerprint density at radius 2 is 2.31 bits per heavy atom. The molecule has 88 valence electrons. The fraction of sp³-hybridized carbons (Fsp3) is 0.364. The van der Waals surface area contributed by atoms with Gasteiger partial charge in [-0.25, -0.2) is 4.39 Å². The maximum absolute atomic E-state index is 13.1. The van der Waals surface area contributed by atoms with Crippen LogP contribution >= 0.6 is 27.5 Å². The second kappa shape index (κ2) is 6.21. The number of amides is 1. The van der Waals surface area contributed by atoms with Crippen molar-refractivity contribution in [3.63, 3.8) is 0 Å². The van der Waals surface area contributed by atoms with E-state index in [4.69, 9.17) is 11.6 Å². The second-order valence-electron chi connectivity index (χ2n) is 3.45. The van der Waals surface area contributed by atoms with Crippen molar-refractivity contribution >= 4 is 33.4 Å². The van der Waals surface area contributed by atoms with Crippen molar-refractivity contribution in [3.05, 3.63) is 34.1 Å². The lowest BCUT2D eigenvalue weighted by Crippen LogP contribution is -2.25. The molecule has 16 heavy (non-hydrogen) atoms. The van der Waals surface area contributed by atoms with E-state index >= 15 is 0 Å². The van der Waals surface area contributed by atoms with Gasteiger partial charge in [0.2, 0.25) is 0 Å². The lowest BCUT2D eigenvalue weighted by Gasteiger charge is -2.06. The van der Waals surface area contributed by atoms with Gasteiger partial charge in [0, 0.05) is 17.5 Å². The van der Waals surface area contributed by atoms with E-state index < -0.39 is 5.82 Å². The number of nitrogens with one attached hydrogen (secondary N) is 1. The third-order valence-corrected chi connectivity index (χ3v) is 2.87. The quantitative estimate of drug-likeness (QED) is 0.849. The predicted octanol–water partition coefficient (Wildman–Crippen LogP) is 3.34. The maximum atomic E-state index is 13.1. The van der Waals surface area contributed by atoms with Crippen LogP contribution in [0, 0.1) is 5.82 Å². The van der Waals surface area contributed by atoms with Gasteiger partial charge in [0.15, 0.2) is 0 Å². The van der Waals surface area contributed by atoms with Crippen LogP contribution in [0.15, 0.2) is 22.7 Å². The van der Waals surface area contributed by atoms with Gasteiger partial charge in [0.05, 0.1) is 4.47 Å². The smallest absolute Gasteiger partial charge is 0.251 e. The van der Waals surface area contributed by atoms with Crippen molar-refractivity contribution < 1.29 is 9.18 Å². The van der Waals surface area contributed by atoms with Gasteiger partial charge in [0.1, 0.15) is 5.82 Å². The lowest BCUT2D eigenvalue weighted by molar-refractivity contribution is 0.0953. The highest BCUT2D eigenvalue weighted by Crippen LogP contribution is 2.16. The minimum atomic E-state index is -0.446. The molecule has 1 amide bonds. The van der Waals surface area contributed by atoms with Crippen LogP contribution < -0.4 is 5.32 Å². The molecular formula is C11H12BrClFNO. The van der Waals surface area contributed by atoms with E-state index in [9.17, 15) is 9.18 Å². The summed E-state index contributed by atoms with van der Waals surface area (Å²) in [5.74, 6) is -0.734. The molecule has 0 aliphatic heterocycles. The maximum Gasteiger partial charge on any atom is 0.251 e. The number of hydrogen-bond donors (Lipinski definition) is 1. The normalized spacial score (nSPS) is 12.2. The number of halogens is 3. The van der Waals surface area contributed by atoms with Crippen LogP contribution in [0.5, 0.6) is 0 Å². The molecule has 0 bridgehead atoms. The predicted molar refractivity (Wildman–Crippen MR) is 66.4 cm³/mol. The van der Waals surface area contributed by atoms with E-state index in [0.717, 1.165) is 0 Å². The minimum absolute atomic E-state index is 0.0157. The summed E-state index contributed by atoms with van der Waals surface area (Å²) in [5, 5.41) is 2.69. The summed E-state index contributed by atoms with van der Waals surface area (Å²) in [6.07, 6.45) is 0.687. The zero-order valence-electron chi connectivity index (χ0n) is 8.77. The van der Waals surface area contributed by atoms with Crippen molar-refractivity contribution in [2.24, 2.45) is 0 Å². The number of carbonyl (C=O) groups excluding carboxylic acids is 1. The van der Waals surface area contributed by atoms with Crippen LogP contribution in [-0.2, 0) is 0 Å². The fourth-order valence-corrected chi connectivity index (χ4v) is 1.48. The number of alkyl halides is 1. The van der Waals surface area contributed by atoms with Gasteiger partial charge in [-0.05, 0) is 47.5 Å². The summed E-state index contributed by atoms with van der Waals surface area (Å²) < 4.78 is 13.5. The largest absolute Gasteiger partial charge is 0.352 e. The van der Waals surface area contributed by atoms with Crippen molar-refractivity contribution in [3.8, 4) is 0 Å². The van der Waals surface area contributed by atoms with Gasteiger partial charge in [-0.2, -0.15) is 0 Å². The number of benzene rings is 1. The van der Waals surface area contributed by atoms with E-state index in [0.29, 0.717) is 23.0 Å². The van der Waals surface area contributed by atoms with Crippen LogP contribution in [-0.4, -0.2) is 17.8 Å². The molecule has 0 aliphatic rings. The van der Waals surface area contributed by atoms with Crippen LogP contribution in [0.25, 0.3) is 0 Å². The molecule has 2 nitrogen and oxygen atoms in total. The first-order chi connectivity index (χ1) is 7.50. The van der Waals surface area contributed by atoms with Crippen LogP contribution in [0.3, 0.4) is 0 Å². The Balaban J connectivity index is 2.56. The molecule has 1 N–H and O–H groups in total. The van der Waals surface area contributed by atoms with Gasteiger partial charge < -0.3 is 5.32 Å². The average Bonchev–Trinajstić information content (AvgIpc) is 2.21. The molecule has 0 spiro atoms. The summed E-state index contributed by atoms with van der Waals surface area (Å²) in [4.78, 5) is 11.6. The molecule has 1 aromatic carbocycles. The molecule has 0 aromatic heterocycles. The average molecular weight is 309 g/mol. The van der Waals surface area contributed by atoms with Crippen molar-refractivity contribution in [2.75, 3.05) is 6.54 Å². The molecule has 1 rings (SSSR count). The Morgan fingerprint density at radius 1 is 1.62 bits per heavy atom. The Morgan fingerprint density at radius 3 is 2.88 bits per heavy atom. The van der Waals surface area contributed by atoms with Crippen molar-refractivity contribution in [2.45, 2.75) is 18.7 Å². The topological polar surface area (TPSA) is 29.1 Å². The highest BCUT2D eigenvalue weighted by atomic mass is 79.9. The highest BCUT2D eigenvalue weighted by Gasteiger charge is 2.08. The molecule has 0 heterocycles. The third-order valence-electron chi connectivity index (χ3n) is 2.01. The lowest BCUT2D eigenvalue weighted by atomic mass is 10.2. The van der Waals surface area contributed by atoms with Crippen LogP contribution in [0.1, 0.15) is 23.7 Å². The molecule has 0 radical (unpaired) electrons. The molecule has 1 atom stereocenters. The first-order valence-corrected chi connectivity index (χ1v) is 6.11. The van der Waals surface area contributed by atoms with Gasteiger partial charge in [-0.1, -0.05) is 0 Å². The first-order valence-electron chi connectivity index (χ1n) is 4.88. The van der Waals surface area contributed by atoms with Crippen LogP contribution in [0.2, 0.25) is 0 Å². The molecule has 0 aliphatic carbocycles. The summed E-state index contributed by atoms with van der Waals surface area (Å²) in [7, 11) is 0. The van der Waals surface area contributed by atoms with E-state index in [2.05, 4.69) is 21.2 Å². The summed E-state index contributed by atoms with van der Waals surface area (Å²) >= 11 is 8.76. The molecule has 5 heteroatoms. The molecule has 0 saturated carbocycles. The molecule has 1 unspecified atom stereocenters. The van der Waals surface area contributed by atoms with E-state index in [1.54, 1.807) is 6.07 Å². The standard InChI is InChI=1S/C11H12BrClFNO/c1-7(13)4-5-15-11(16)8-2-3-9(12)10(14)6-8/h2-3,6-7H,4-5H2,1H3,(H,15,16). The molecule has 0 fully saturated rings. The van der Waals surface area contributed by atoms with E-state index in [1.165, 1.54) is 12.1 Å². The van der Waals surface area contributed by atoms with Gasteiger partial charge in [-0.15, -0.1) is 11.6 Å². The van der Waals surface area contributed by atoms with Crippen molar-refractivity contribution in [1.29, 1.82) is 0 Å². The van der Waals surface area contributed by atoms with Crippen LogP contribution in [0.4, 0.5) is 4.39 Å². The second-order valence-corrected chi connectivity index (χ2v) is 5.05. The number of rotatable bonds is 4. The SMILES string of the molecule is CC(Cl)CCNC(=O)c1ccc(Br)c(F)c1. The summed E-state index contributed by atoms with van der Waals surface area (Å²) in [6.45, 7) is 2.34. The molecule has 1 aromatic rings. The molecule has 0 saturated heterocycles. The highest BCUT2D eigenvalue weighted by molar-refractivity contribution is 9.10. The Labute approximate surface area is 107 Å². The Hall–Kier alpha value is -0.610. The van der Waals surface area contributed by atoms with Crippen molar-refractivity contribution in [1.82, 2.24) is 5.32 Å². The Bertz CT molecular complexity index is 384. The van der Waals surface area contributed by atoms with Gasteiger partial charge in [0.25, 0.3) is 5.91 Å². The van der Waals surface area contributed by atoms with Gasteiger partial charge >= 0.3 is 0 Å². The summed E-state index contributed by atoms with van der Waals surface area (Å²) in [5.41, 5.74) is 0.308. The van der Waals surface area contributed by atoms with Gasteiger partial charge in [-0.3, -0.25) is 4.79 Å². The first kappa shape index (κ1) is 13.5. The Kier molecular flexibility index (Phi) is 5.22. The minimum Gasteiger partial charge on any atom is -0.352 e. The third kappa shape index (κ3) is 4.10. The number of carbonyl (C=O) groups is 1. The monoisotopic (exact) mass is 307 g/mol. The van der Waals surface area contributed by atoms with E-state index in [1.807, 2.05) is 6.92 Å².